The van der Waals surface area contributed by atoms with Gasteiger partial charge in [0, 0.05) is 17.0 Å². The number of aryl methyl sites for hydroxylation is 1. The molecule has 2 aromatic carbocycles. The average Bonchev–Trinajstić information content (AvgIpc) is 2.93. The van der Waals surface area contributed by atoms with Gasteiger partial charge < -0.3 is 9.47 Å². The van der Waals surface area contributed by atoms with Crippen LogP contribution in [0.2, 0.25) is 0 Å². The Morgan fingerprint density at radius 1 is 0.649 bits per heavy atom. The third-order valence-corrected chi connectivity index (χ3v) is 7.64. The first-order valence-corrected chi connectivity index (χ1v) is 14.9. The topological polar surface area (TPSA) is 18.5 Å². The minimum absolute atomic E-state index is 0.303. The van der Waals surface area contributed by atoms with Crippen LogP contribution < -0.4 is 0 Å². The molecule has 3 rings (SSSR count). The van der Waals surface area contributed by atoms with Gasteiger partial charge in [0.15, 0.2) is 17.9 Å². The van der Waals surface area contributed by atoms with E-state index in [2.05, 4.69) is 13.8 Å². The van der Waals surface area contributed by atoms with E-state index in [1.807, 2.05) is 24.3 Å². The summed E-state index contributed by atoms with van der Waals surface area (Å²) in [5.41, 5.74) is 2.36. The summed E-state index contributed by atoms with van der Waals surface area (Å²) in [5, 5.41) is 0. The number of benzene rings is 2. The molecule has 2 nitrogen and oxygen atoms in total. The molecule has 2 aromatic rings. The van der Waals surface area contributed by atoms with Crippen LogP contribution in [0.15, 0.2) is 36.4 Å². The lowest BCUT2D eigenvalue weighted by Gasteiger charge is -2.29. The molecule has 0 unspecified atom stereocenters. The maximum atomic E-state index is 14.9. The van der Waals surface area contributed by atoms with Crippen molar-refractivity contribution in [2.24, 2.45) is 5.92 Å². The molecule has 0 spiro atoms. The van der Waals surface area contributed by atoms with Gasteiger partial charge in [-0.2, -0.15) is 0 Å². The van der Waals surface area contributed by atoms with Gasteiger partial charge in [0.05, 0.1) is 13.2 Å². The van der Waals surface area contributed by atoms with E-state index in [9.17, 15) is 8.78 Å². The van der Waals surface area contributed by atoms with Crippen molar-refractivity contribution in [1.29, 1.82) is 0 Å². The molecule has 1 saturated heterocycles. The van der Waals surface area contributed by atoms with Crippen LogP contribution in [0.1, 0.15) is 121 Å². The first-order chi connectivity index (χ1) is 18.1. The lowest BCUT2D eigenvalue weighted by molar-refractivity contribution is -0.206. The normalized spacial score (nSPS) is 17.8. The molecule has 0 bridgehead atoms. The third kappa shape index (κ3) is 9.80. The van der Waals surface area contributed by atoms with Crippen molar-refractivity contribution in [2.45, 2.75) is 116 Å². The smallest absolute Gasteiger partial charge is 0.183 e. The number of halogens is 2. The molecule has 1 heterocycles. The Hall–Kier alpha value is -1.78. The first kappa shape index (κ1) is 29.8. The van der Waals surface area contributed by atoms with E-state index in [1.54, 1.807) is 12.1 Å². The van der Waals surface area contributed by atoms with E-state index in [1.165, 1.54) is 70.6 Å². The molecule has 206 valence electrons. The van der Waals surface area contributed by atoms with Crippen LogP contribution in [0.4, 0.5) is 8.78 Å². The van der Waals surface area contributed by atoms with Gasteiger partial charge in [-0.1, -0.05) is 127 Å². The Labute approximate surface area is 224 Å². The van der Waals surface area contributed by atoms with Gasteiger partial charge in [-0.25, -0.2) is 8.78 Å². The van der Waals surface area contributed by atoms with Crippen LogP contribution in [0.5, 0.6) is 0 Å². The van der Waals surface area contributed by atoms with Crippen LogP contribution in [-0.4, -0.2) is 13.2 Å². The summed E-state index contributed by atoms with van der Waals surface area (Å²) < 4.78 is 41.7. The molecular weight excluding hydrogens is 466 g/mol. The summed E-state index contributed by atoms with van der Waals surface area (Å²) in [6.07, 6.45) is 17.3. The Morgan fingerprint density at radius 3 is 1.84 bits per heavy atom. The average molecular weight is 515 g/mol. The van der Waals surface area contributed by atoms with Gasteiger partial charge in [-0.3, -0.25) is 0 Å². The highest BCUT2D eigenvalue weighted by Crippen LogP contribution is 2.31. The second kappa shape index (κ2) is 16.9. The molecule has 0 aromatic heterocycles. The number of hydrogen-bond acceptors (Lipinski definition) is 2. The van der Waals surface area contributed by atoms with Crippen LogP contribution in [0.25, 0.3) is 11.1 Å². The fourth-order valence-corrected chi connectivity index (χ4v) is 5.21. The molecule has 0 saturated carbocycles. The molecule has 1 fully saturated rings. The van der Waals surface area contributed by atoms with Gasteiger partial charge in [0.2, 0.25) is 0 Å². The van der Waals surface area contributed by atoms with E-state index in [0.717, 1.165) is 24.8 Å². The lowest BCUT2D eigenvalue weighted by Crippen LogP contribution is -2.27. The molecular formula is C33H48F2O2. The fourth-order valence-electron chi connectivity index (χ4n) is 5.21. The SMILES string of the molecule is CCCCCCCCCc1ccc(-c2ccc(C3OCC(CCCCCCCC)CO3)cc2)c(F)c1F. The molecule has 0 atom stereocenters. The Kier molecular flexibility index (Phi) is 13.6. The fraction of sp³-hybridized carbons (Fsp3) is 0.636. The Bertz CT molecular complexity index is 888. The standard InChI is InChI=1S/C33H48F2O2/c1-3-5-7-9-11-13-15-17-28-22-23-30(32(35)31(28)34)27-18-20-29(21-19-27)33-36-24-26(25-37-33)16-14-12-10-8-6-4-2/h18-23,26,33H,3-17,24-25H2,1-2H3. The predicted octanol–water partition coefficient (Wildman–Crippen LogP) is 10.3. The number of rotatable bonds is 17. The summed E-state index contributed by atoms with van der Waals surface area (Å²) in [6.45, 7) is 5.87. The van der Waals surface area contributed by atoms with Crippen molar-refractivity contribution in [3.63, 3.8) is 0 Å². The van der Waals surface area contributed by atoms with Crippen LogP contribution in [0, 0.1) is 17.6 Å². The third-order valence-electron chi connectivity index (χ3n) is 7.64. The number of hydrogen-bond donors (Lipinski definition) is 0. The molecule has 0 N–H and O–H groups in total. The molecule has 4 heteroatoms. The molecule has 0 radical (unpaired) electrons. The highest BCUT2D eigenvalue weighted by Gasteiger charge is 2.23. The van der Waals surface area contributed by atoms with Crippen molar-refractivity contribution in [1.82, 2.24) is 0 Å². The predicted molar refractivity (Wildman–Crippen MR) is 150 cm³/mol. The zero-order valence-electron chi connectivity index (χ0n) is 23.2. The zero-order valence-corrected chi connectivity index (χ0v) is 23.2. The summed E-state index contributed by atoms with van der Waals surface area (Å²) in [5.74, 6) is -1.00. The monoisotopic (exact) mass is 514 g/mol. The van der Waals surface area contributed by atoms with Crippen molar-refractivity contribution in [3.05, 3.63) is 59.2 Å². The van der Waals surface area contributed by atoms with Crippen molar-refractivity contribution < 1.29 is 18.3 Å². The second-order valence-electron chi connectivity index (χ2n) is 10.8. The number of ether oxygens (including phenoxy) is 2. The minimum atomic E-state index is -0.754. The van der Waals surface area contributed by atoms with E-state index >= 15 is 0 Å². The molecule has 0 aliphatic carbocycles. The molecule has 1 aliphatic heterocycles. The summed E-state index contributed by atoms with van der Waals surface area (Å²) in [7, 11) is 0. The highest BCUT2D eigenvalue weighted by molar-refractivity contribution is 5.65. The first-order valence-electron chi connectivity index (χ1n) is 14.9. The largest absolute Gasteiger partial charge is 0.348 e. The molecule has 0 amide bonds. The van der Waals surface area contributed by atoms with Crippen molar-refractivity contribution in [2.75, 3.05) is 13.2 Å². The van der Waals surface area contributed by atoms with Crippen LogP contribution >= 0.6 is 0 Å². The summed E-state index contributed by atoms with van der Waals surface area (Å²) >= 11 is 0. The minimum Gasteiger partial charge on any atom is -0.348 e. The van der Waals surface area contributed by atoms with E-state index < -0.39 is 11.6 Å². The Balaban J connectivity index is 1.45. The van der Waals surface area contributed by atoms with Gasteiger partial charge in [-0.05, 0) is 30.4 Å². The summed E-state index contributed by atoms with van der Waals surface area (Å²) in [6, 6.07) is 10.9. The van der Waals surface area contributed by atoms with Crippen LogP contribution in [0.3, 0.4) is 0 Å². The van der Waals surface area contributed by atoms with Gasteiger partial charge in [-0.15, -0.1) is 0 Å². The number of unbranched alkanes of at least 4 members (excludes halogenated alkanes) is 11. The summed E-state index contributed by atoms with van der Waals surface area (Å²) in [4.78, 5) is 0. The van der Waals surface area contributed by atoms with Crippen molar-refractivity contribution in [3.8, 4) is 11.1 Å². The maximum absolute atomic E-state index is 14.9. The van der Waals surface area contributed by atoms with Crippen LogP contribution in [-0.2, 0) is 15.9 Å². The quantitative estimate of drug-likeness (QED) is 0.195. The maximum Gasteiger partial charge on any atom is 0.183 e. The van der Waals surface area contributed by atoms with E-state index in [-0.39, 0.29) is 6.29 Å². The Morgan fingerprint density at radius 2 is 1.22 bits per heavy atom. The van der Waals surface area contributed by atoms with E-state index in [4.69, 9.17) is 9.47 Å². The molecule has 37 heavy (non-hydrogen) atoms. The zero-order chi connectivity index (χ0) is 26.3. The molecule has 1 aliphatic rings. The highest BCUT2D eigenvalue weighted by atomic mass is 19.2. The second-order valence-corrected chi connectivity index (χ2v) is 10.8. The van der Waals surface area contributed by atoms with E-state index in [0.29, 0.717) is 42.2 Å². The van der Waals surface area contributed by atoms with Gasteiger partial charge >= 0.3 is 0 Å². The van der Waals surface area contributed by atoms with Crippen molar-refractivity contribution >= 4 is 0 Å². The van der Waals surface area contributed by atoms with Gasteiger partial charge in [0.25, 0.3) is 0 Å². The lowest BCUT2D eigenvalue weighted by atomic mass is 9.98. The van der Waals surface area contributed by atoms with Gasteiger partial charge in [0.1, 0.15) is 0 Å².